The molecule has 2 N–H and O–H groups in total. The van der Waals surface area contributed by atoms with Gasteiger partial charge in [-0.1, -0.05) is 42.3 Å². The maximum absolute atomic E-state index is 16.3. The molecule has 0 bridgehead atoms. The zero-order chi connectivity index (χ0) is 28.7. The molecule has 2 fully saturated rings. The van der Waals surface area contributed by atoms with E-state index in [-0.39, 0.29) is 55.7 Å². The van der Waals surface area contributed by atoms with Crippen molar-refractivity contribution in [2.45, 2.75) is 62.3 Å². The van der Waals surface area contributed by atoms with E-state index in [0.717, 1.165) is 5.56 Å². The third-order valence-corrected chi connectivity index (χ3v) is 9.42. The van der Waals surface area contributed by atoms with Crippen molar-refractivity contribution >= 4 is 45.0 Å². The summed E-state index contributed by atoms with van der Waals surface area (Å²) in [5.41, 5.74) is -3.12. The quantitative estimate of drug-likeness (QED) is 0.266. The Morgan fingerprint density at radius 2 is 1.80 bits per heavy atom. The van der Waals surface area contributed by atoms with Crippen LogP contribution < -0.4 is 5.32 Å². The molecule has 1 aromatic heterocycles. The number of aliphatic hydroxyl groups is 1. The van der Waals surface area contributed by atoms with Gasteiger partial charge in [0.15, 0.2) is 0 Å². The summed E-state index contributed by atoms with van der Waals surface area (Å²) in [6.45, 7) is 1.99. The molecular weight excluding hydrogens is 625 g/mol. The number of carbonyl (C=O) groups is 1. The number of nitrogens with zero attached hydrogens (tertiary/aromatic N) is 1. The molecule has 1 atom stereocenters. The van der Waals surface area contributed by atoms with Crippen molar-refractivity contribution in [1.82, 2.24) is 10.3 Å². The Labute approximate surface area is 250 Å². The first-order valence-corrected chi connectivity index (χ1v) is 14.8. The fourth-order valence-corrected chi connectivity index (χ4v) is 6.71. The molecule has 0 spiro atoms. The molecule has 1 amide bonds. The number of halogens is 5. The number of nitrogens with one attached hydrogen (secondary N) is 1. The summed E-state index contributed by atoms with van der Waals surface area (Å²) >= 11 is 15.5. The van der Waals surface area contributed by atoms with Gasteiger partial charge in [-0.2, -0.15) is 0 Å². The molecule has 5 rings (SSSR count). The SMILES string of the molecule is CC[C@@](O)(c1cc(F)c(C2(c3ccc(Cl)cc3)CC2)c(C(=O)NCc2ncc(Cl)cc2Br)c1)C1(F)CCOCC1. The van der Waals surface area contributed by atoms with Crippen LogP contribution in [0.5, 0.6) is 0 Å². The van der Waals surface area contributed by atoms with E-state index in [1.165, 1.54) is 18.3 Å². The van der Waals surface area contributed by atoms with Crippen LogP contribution in [-0.2, 0) is 22.3 Å². The number of ether oxygens (including phenoxy) is 1. The fraction of sp³-hybridized carbons (Fsp3) is 0.400. The molecule has 40 heavy (non-hydrogen) atoms. The summed E-state index contributed by atoms with van der Waals surface area (Å²) in [5, 5.41) is 15.6. The van der Waals surface area contributed by atoms with E-state index in [1.54, 1.807) is 25.1 Å². The largest absolute Gasteiger partial charge is 0.382 e. The minimum Gasteiger partial charge on any atom is -0.382 e. The molecule has 2 heterocycles. The van der Waals surface area contributed by atoms with E-state index in [4.69, 9.17) is 27.9 Å². The van der Waals surface area contributed by atoms with Crippen molar-refractivity contribution in [3.8, 4) is 0 Å². The van der Waals surface area contributed by atoms with E-state index in [0.29, 0.717) is 33.1 Å². The van der Waals surface area contributed by atoms with Crippen molar-refractivity contribution in [2.75, 3.05) is 13.2 Å². The third-order valence-electron chi connectivity index (χ3n) is 8.28. The second kappa shape index (κ2) is 11.3. The van der Waals surface area contributed by atoms with Crippen LogP contribution in [0, 0.1) is 5.82 Å². The van der Waals surface area contributed by atoms with Gasteiger partial charge in [-0.05, 0) is 76.7 Å². The average Bonchev–Trinajstić information content (AvgIpc) is 3.73. The smallest absolute Gasteiger partial charge is 0.252 e. The lowest BCUT2D eigenvalue weighted by atomic mass is 9.71. The van der Waals surface area contributed by atoms with Gasteiger partial charge in [-0.3, -0.25) is 9.78 Å². The highest BCUT2D eigenvalue weighted by Crippen LogP contribution is 2.56. The maximum atomic E-state index is 16.3. The van der Waals surface area contributed by atoms with Crippen molar-refractivity contribution in [3.05, 3.63) is 96.9 Å². The minimum atomic E-state index is -2.03. The molecule has 212 valence electrons. The van der Waals surface area contributed by atoms with Crippen LogP contribution in [0.4, 0.5) is 8.78 Å². The predicted octanol–water partition coefficient (Wildman–Crippen LogP) is 7.42. The van der Waals surface area contributed by atoms with Gasteiger partial charge in [0.2, 0.25) is 0 Å². The molecule has 0 radical (unpaired) electrons. The first-order valence-electron chi connectivity index (χ1n) is 13.2. The van der Waals surface area contributed by atoms with Crippen LogP contribution in [0.15, 0.2) is 53.1 Å². The second-order valence-corrected chi connectivity index (χ2v) is 12.3. The third kappa shape index (κ3) is 5.29. The first-order chi connectivity index (χ1) is 19.0. The molecule has 3 aromatic rings. The number of alkyl halides is 1. The summed E-state index contributed by atoms with van der Waals surface area (Å²) in [6, 6.07) is 11.5. The van der Waals surface area contributed by atoms with Crippen LogP contribution in [-0.4, -0.2) is 34.9 Å². The highest BCUT2D eigenvalue weighted by atomic mass is 79.9. The molecule has 10 heteroatoms. The molecular formula is C30H29BrCl2F2N2O3. The van der Waals surface area contributed by atoms with Crippen molar-refractivity contribution in [1.29, 1.82) is 0 Å². The van der Waals surface area contributed by atoms with Crippen LogP contribution >= 0.6 is 39.1 Å². The molecule has 1 aliphatic heterocycles. The number of carbonyl (C=O) groups excluding carboxylic acids is 1. The van der Waals surface area contributed by atoms with Gasteiger partial charge in [-0.15, -0.1) is 0 Å². The van der Waals surface area contributed by atoms with Crippen molar-refractivity contribution in [2.24, 2.45) is 0 Å². The molecule has 2 aromatic carbocycles. The van der Waals surface area contributed by atoms with Crippen LogP contribution in [0.2, 0.25) is 10.0 Å². The first kappa shape index (κ1) is 29.4. The predicted molar refractivity (Wildman–Crippen MR) is 154 cm³/mol. The van der Waals surface area contributed by atoms with E-state index in [1.807, 2.05) is 12.1 Å². The number of aromatic nitrogens is 1. The lowest BCUT2D eigenvalue weighted by molar-refractivity contribution is -0.155. The van der Waals surface area contributed by atoms with Crippen LogP contribution in [0.25, 0.3) is 0 Å². The van der Waals surface area contributed by atoms with Crippen molar-refractivity contribution < 1.29 is 23.4 Å². The Balaban J connectivity index is 1.61. The number of rotatable bonds is 8. The summed E-state index contributed by atoms with van der Waals surface area (Å²) < 4.78 is 38.5. The van der Waals surface area contributed by atoms with Gasteiger partial charge in [-0.25, -0.2) is 8.78 Å². The Kier molecular flexibility index (Phi) is 8.30. The molecule has 2 aliphatic rings. The van der Waals surface area contributed by atoms with Gasteiger partial charge in [0.25, 0.3) is 5.91 Å². The Bertz CT molecular complexity index is 1430. The Morgan fingerprint density at radius 1 is 1.12 bits per heavy atom. The summed E-state index contributed by atoms with van der Waals surface area (Å²) in [7, 11) is 0. The molecule has 1 saturated carbocycles. The normalized spacial score (nSPS) is 19.1. The number of hydrogen-bond acceptors (Lipinski definition) is 4. The lowest BCUT2D eigenvalue weighted by Crippen LogP contribution is -2.51. The monoisotopic (exact) mass is 652 g/mol. The summed E-state index contributed by atoms with van der Waals surface area (Å²) in [6.07, 6.45) is 2.64. The second-order valence-electron chi connectivity index (χ2n) is 10.5. The van der Waals surface area contributed by atoms with Gasteiger partial charge >= 0.3 is 0 Å². The van der Waals surface area contributed by atoms with Crippen LogP contribution in [0.1, 0.15) is 71.8 Å². The molecule has 1 saturated heterocycles. The molecule has 1 aliphatic carbocycles. The number of pyridine rings is 1. The average molecular weight is 654 g/mol. The maximum Gasteiger partial charge on any atom is 0.252 e. The van der Waals surface area contributed by atoms with Crippen LogP contribution in [0.3, 0.4) is 0 Å². The van der Waals surface area contributed by atoms with E-state index in [9.17, 15) is 9.90 Å². The molecule has 5 nitrogen and oxygen atoms in total. The Hall–Kier alpha value is -2.10. The lowest BCUT2D eigenvalue weighted by Gasteiger charge is -2.44. The topological polar surface area (TPSA) is 71.5 Å². The Morgan fingerprint density at radius 3 is 2.40 bits per heavy atom. The number of amides is 1. The zero-order valence-corrected chi connectivity index (χ0v) is 25.0. The van der Waals surface area contributed by atoms with E-state index < -0.39 is 28.4 Å². The fourth-order valence-electron chi connectivity index (χ4n) is 5.81. The van der Waals surface area contributed by atoms with Crippen molar-refractivity contribution in [3.63, 3.8) is 0 Å². The van der Waals surface area contributed by atoms with Gasteiger partial charge < -0.3 is 15.2 Å². The highest BCUT2D eigenvalue weighted by Gasteiger charge is 2.54. The summed E-state index contributed by atoms with van der Waals surface area (Å²) in [4.78, 5) is 18.0. The minimum absolute atomic E-state index is 0.00663. The highest BCUT2D eigenvalue weighted by molar-refractivity contribution is 9.10. The standard InChI is InChI=1S/C30H29BrCl2F2N2O3/c1-2-30(39,29(35)9-11-40-12-10-29)19-13-22(27(38)37-17-25-23(31)15-21(33)16-36-25)26(24(34)14-19)28(7-8-28)18-3-5-20(32)6-4-18/h3-6,13-16,39H,2,7-12,17H2,1H3,(H,37,38)/t30-/m1/s1. The summed E-state index contributed by atoms with van der Waals surface area (Å²) in [5.74, 6) is -1.22. The molecule has 0 unspecified atom stereocenters. The van der Waals surface area contributed by atoms with E-state index in [2.05, 4.69) is 26.2 Å². The van der Waals surface area contributed by atoms with Gasteiger partial charge in [0, 0.05) is 58.3 Å². The van der Waals surface area contributed by atoms with E-state index >= 15 is 8.78 Å². The van der Waals surface area contributed by atoms with Gasteiger partial charge in [0.05, 0.1) is 17.3 Å². The van der Waals surface area contributed by atoms with Gasteiger partial charge in [0.1, 0.15) is 17.1 Å². The number of benzene rings is 2. The zero-order valence-electron chi connectivity index (χ0n) is 21.9. The number of hydrogen-bond donors (Lipinski definition) is 2.